The van der Waals surface area contributed by atoms with Crippen molar-refractivity contribution in [2.24, 2.45) is 0 Å². The van der Waals surface area contributed by atoms with Crippen LogP contribution in [0.2, 0.25) is 36.3 Å². The molecule has 0 radical (unpaired) electrons. The topological polar surface area (TPSA) is 82.5 Å². The van der Waals surface area contributed by atoms with Crippen LogP contribution in [0.25, 0.3) is 0 Å². The van der Waals surface area contributed by atoms with Gasteiger partial charge in [-0.1, -0.05) is 41.5 Å². The van der Waals surface area contributed by atoms with Gasteiger partial charge in [0, 0.05) is 18.7 Å². The van der Waals surface area contributed by atoms with Gasteiger partial charge in [0.15, 0.2) is 16.6 Å². The Hall–Kier alpha value is -1.01. The summed E-state index contributed by atoms with van der Waals surface area (Å²) in [6.07, 6.45) is 1.12. The van der Waals surface area contributed by atoms with E-state index in [2.05, 4.69) is 72.7 Å². The minimum absolute atomic E-state index is 0.0603. The minimum Gasteiger partial charge on any atom is -0.414 e. The van der Waals surface area contributed by atoms with Gasteiger partial charge in [-0.3, -0.25) is 14.3 Å². The molecule has 0 aliphatic carbocycles. The van der Waals surface area contributed by atoms with Crippen molar-refractivity contribution in [2.45, 2.75) is 103 Å². The molecule has 0 aromatic carbocycles. The largest absolute Gasteiger partial charge is 0.414 e. The Balaban J connectivity index is 2.28. The summed E-state index contributed by atoms with van der Waals surface area (Å²) in [6, 6.07) is 1.34. The second kappa shape index (κ2) is 8.50. The van der Waals surface area contributed by atoms with Gasteiger partial charge >= 0.3 is 5.69 Å². The van der Waals surface area contributed by atoms with Crippen LogP contribution in [0.4, 0.5) is 0 Å². The summed E-state index contributed by atoms with van der Waals surface area (Å²) in [7, 11) is -4.00. The lowest BCUT2D eigenvalue weighted by Gasteiger charge is -2.40. The summed E-state index contributed by atoms with van der Waals surface area (Å²) in [5.74, 6) is 0. The van der Waals surface area contributed by atoms with Gasteiger partial charge < -0.3 is 13.6 Å². The second-order valence-corrected chi connectivity index (χ2v) is 20.9. The average molecular weight is 457 g/mol. The molecule has 0 spiro atoms. The molecule has 1 N–H and O–H groups in total. The van der Waals surface area contributed by atoms with Gasteiger partial charge in [0.25, 0.3) is 5.56 Å². The summed E-state index contributed by atoms with van der Waals surface area (Å²) >= 11 is 0. The summed E-state index contributed by atoms with van der Waals surface area (Å²) < 4.78 is 20.9. The maximum Gasteiger partial charge on any atom is 0.330 e. The lowest BCUT2D eigenvalue weighted by atomic mass is 10.2. The summed E-state index contributed by atoms with van der Waals surface area (Å²) in [6.45, 7) is 22.6. The van der Waals surface area contributed by atoms with Crippen molar-refractivity contribution >= 4 is 16.6 Å². The van der Waals surface area contributed by atoms with Crippen LogP contribution in [0.5, 0.6) is 0 Å². The molecule has 1 aliphatic heterocycles. The Morgan fingerprint density at radius 2 is 1.63 bits per heavy atom. The zero-order valence-electron chi connectivity index (χ0n) is 20.3. The summed E-state index contributed by atoms with van der Waals surface area (Å²) in [5, 5.41) is 0.154. The Morgan fingerprint density at radius 1 is 1.07 bits per heavy atom. The third kappa shape index (κ3) is 5.61. The number of aromatic amines is 1. The van der Waals surface area contributed by atoms with Crippen LogP contribution in [0.15, 0.2) is 21.9 Å². The van der Waals surface area contributed by atoms with Gasteiger partial charge in [0.2, 0.25) is 0 Å². The Kier molecular flexibility index (Phi) is 7.15. The number of hydrogen-bond donors (Lipinski definition) is 1. The molecular formula is C21H40N2O5Si2. The summed E-state index contributed by atoms with van der Waals surface area (Å²) in [4.78, 5) is 26.1. The average Bonchev–Trinajstić information content (AvgIpc) is 2.92. The fourth-order valence-corrected chi connectivity index (χ4v) is 5.23. The Labute approximate surface area is 182 Å². The van der Waals surface area contributed by atoms with Crippen molar-refractivity contribution in [1.29, 1.82) is 0 Å². The van der Waals surface area contributed by atoms with E-state index in [9.17, 15) is 9.59 Å². The third-order valence-electron chi connectivity index (χ3n) is 7.01. The van der Waals surface area contributed by atoms with Crippen molar-refractivity contribution < 1.29 is 13.6 Å². The molecule has 1 aromatic heterocycles. The summed E-state index contributed by atoms with van der Waals surface area (Å²) in [5.41, 5.74) is -0.884. The first-order chi connectivity index (χ1) is 13.4. The smallest absolute Gasteiger partial charge is 0.330 e. The number of nitrogens with zero attached hydrogens (tertiary/aromatic N) is 1. The van der Waals surface area contributed by atoms with Crippen LogP contribution in [-0.2, 0) is 13.6 Å². The van der Waals surface area contributed by atoms with Crippen LogP contribution < -0.4 is 11.2 Å². The van der Waals surface area contributed by atoms with Crippen LogP contribution in [0, 0.1) is 0 Å². The predicted octanol–water partition coefficient (Wildman–Crippen LogP) is 4.24. The highest BCUT2D eigenvalue weighted by Gasteiger charge is 2.46. The fraction of sp³-hybridized carbons (Fsp3) is 0.810. The highest BCUT2D eigenvalue weighted by Crippen LogP contribution is 2.42. The monoisotopic (exact) mass is 456 g/mol. The van der Waals surface area contributed by atoms with E-state index in [1.807, 2.05) is 0 Å². The molecule has 7 nitrogen and oxygen atoms in total. The van der Waals surface area contributed by atoms with Gasteiger partial charge in [0.05, 0.1) is 12.7 Å². The van der Waals surface area contributed by atoms with Crippen LogP contribution in [0.3, 0.4) is 0 Å². The van der Waals surface area contributed by atoms with Crippen molar-refractivity contribution in [2.75, 3.05) is 6.61 Å². The molecule has 1 unspecified atom stereocenters. The van der Waals surface area contributed by atoms with E-state index in [0.29, 0.717) is 13.0 Å². The first-order valence-corrected chi connectivity index (χ1v) is 16.5. The second-order valence-electron chi connectivity index (χ2n) is 11.4. The fourth-order valence-electron chi connectivity index (χ4n) is 2.86. The molecule has 1 aliphatic rings. The maximum atomic E-state index is 12.3. The number of H-pyrrole nitrogens is 1. The molecular weight excluding hydrogens is 416 g/mol. The molecule has 30 heavy (non-hydrogen) atoms. The Morgan fingerprint density at radius 3 is 2.13 bits per heavy atom. The first-order valence-electron chi connectivity index (χ1n) is 10.7. The third-order valence-corrected chi connectivity index (χ3v) is 16.0. The quantitative estimate of drug-likeness (QED) is 0.648. The van der Waals surface area contributed by atoms with E-state index in [0.717, 1.165) is 0 Å². The number of rotatable bonds is 6. The highest BCUT2D eigenvalue weighted by atomic mass is 28.4. The van der Waals surface area contributed by atoms with Crippen molar-refractivity contribution in [3.05, 3.63) is 33.1 Å². The van der Waals surface area contributed by atoms with Crippen molar-refractivity contribution in [3.8, 4) is 0 Å². The van der Waals surface area contributed by atoms with Gasteiger partial charge in [-0.2, -0.15) is 0 Å². The molecule has 9 heteroatoms. The maximum absolute atomic E-state index is 12.3. The SMILES string of the molecule is CC(C)(C)[Si](C)(C)OC[C@H]1O[C@@H](n2ccc(=O)[nH]c2=O)CC1O[Si](C)(C)C(C)(C)C. The predicted molar refractivity (Wildman–Crippen MR) is 125 cm³/mol. The highest BCUT2D eigenvalue weighted by molar-refractivity contribution is 6.74. The number of nitrogens with one attached hydrogen (secondary N) is 1. The zero-order chi connectivity index (χ0) is 23.1. The molecule has 0 bridgehead atoms. The molecule has 1 fully saturated rings. The van der Waals surface area contributed by atoms with Crippen LogP contribution in [0.1, 0.15) is 54.2 Å². The van der Waals surface area contributed by atoms with Gasteiger partial charge in [0.1, 0.15) is 12.3 Å². The van der Waals surface area contributed by atoms with E-state index in [-0.39, 0.29) is 22.3 Å². The lowest BCUT2D eigenvalue weighted by Crippen LogP contribution is -2.48. The molecule has 1 saturated heterocycles. The standard InChI is InChI=1S/C21H40N2O5Si2/c1-20(2,3)29(7,8)26-14-16-15(28-30(9,10)21(4,5)6)13-18(27-16)23-12-11-17(24)22-19(23)25/h11-12,15-16,18H,13-14H2,1-10H3,(H,22,24,25)/t15?,16-,18-/m1/s1. The molecule has 0 amide bonds. The molecule has 1 aromatic rings. The minimum atomic E-state index is -2.05. The van der Waals surface area contributed by atoms with Crippen molar-refractivity contribution in [1.82, 2.24) is 9.55 Å². The lowest BCUT2D eigenvalue weighted by molar-refractivity contribution is -0.0412. The van der Waals surface area contributed by atoms with Gasteiger partial charge in [-0.05, 0) is 36.3 Å². The van der Waals surface area contributed by atoms with Crippen LogP contribution in [-0.4, -0.2) is 45.0 Å². The van der Waals surface area contributed by atoms with E-state index in [1.165, 1.54) is 16.8 Å². The van der Waals surface area contributed by atoms with E-state index < -0.39 is 34.1 Å². The number of aromatic nitrogens is 2. The van der Waals surface area contributed by atoms with Crippen LogP contribution >= 0.6 is 0 Å². The molecule has 2 rings (SSSR count). The molecule has 0 saturated carbocycles. The molecule has 2 heterocycles. The number of hydrogen-bond acceptors (Lipinski definition) is 5. The van der Waals surface area contributed by atoms with Gasteiger partial charge in [-0.25, -0.2) is 4.79 Å². The van der Waals surface area contributed by atoms with E-state index >= 15 is 0 Å². The van der Waals surface area contributed by atoms with E-state index in [1.54, 1.807) is 0 Å². The zero-order valence-corrected chi connectivity index (χ0v) is 22.3. The van der Waals surface area contributed by atoms with Gasteiger partial charge in [-0.15, -0.1) is 0 Å². The van der Waals surface area contributed by atoms with E-state index in [4.69, 9.17) is 13.6 Å². The Bertz CT molecular complexity index is 848. The normalized spacial score (nSPS) is 23.7. The molecule has 172 valence electrons. The first kappa shape index (κ1) is 25.3. The number of ether oxygens (including phenoxy) is 1. The molecule has 3 atom stereocenters. The van der Waals surface area contributed by atoms with Crippen molar-refractivity contribution in [3.63, 3.8) is 0 Å².